The number of amides is 1. The lowest BCUT2D eigenvalue weighted by atomic mass is 9.99. The minimum atomic E-state index is -1.29. The number of nitrogens with one attached hydrogen (secondary N) is 1. The summed E-state index contributed by atoms with van der Waals surface area (Å²) in [4.78, 5) is 44.4. The molecule has 1 saturated heterocycles. The van der Waals surface area contributed by atoms with Crippen molar-refractivity contribution >= 4 is 41.1 Å². The zero-order chi connectivity index (χ0) is 23.4. The van der Waals surface area contributed by atoms with Gasteiger partial charge in [0.15, 0.2) is 0 Å². The highest BCUT2D eigenvalue weighted by Gasteiger charge is 2.29. The van der Waals surface area contributed by atoms with Crippen LogP contribution in [0.25, 0.3) is 0 Å². The first-order chi connectivity index (χ1) is 15.2. The lowest BCUT2D eigenvalue weighted by Gasteiger charge is -2.20. The third-order valence-electron chi connectivity index (χ3n) is 5.36. The molecule has 9 N–H and O–H groups in total. The van der Waals surface area contributed by atoms with Crippen LogP contribution in [0.4, 0.5) is 23.3 Å². The normalized spacial score (nSPS) is 16.5. The van der Waals surface area contributed by atoms with Crippen molar-refractivity contribution in [2.75, 3.05) is 35.2 Å². The summed E-state index contributed by atoms with van der Waals surface area (Å²) in [5.74, 6) is -2.41. The second-order valence-electron chi connectivity index (χ2n) is 7.54. The van der Waals surface area contributed by atoms with Crippen molar-refractivity contribution in [2.24, 2.45) is 0 Å². The minimum absolute atomic E-state index is 0.0283. The number of carboxylic acid groups (broad SMARTS) is 2. The van der Waals surface area contributed by atoms with E-state index >= 15 is 0 Å². The molecular weight excluding hydrogens is 418 g/mol. The first-order valence-electron chi connectivity index (χ1n) is 9.94. The van der Waals surface area contributed by atoms with Gasteiger partial charge in [0.1, 0.15) is 17.7 Å². The Morgan fingerprint density at radius 1 is 1.09 bits per heavy atom. The number of aromatic nitrogens is 2. The van der Waals surface area contributed by atoms with Crippen molar-refractivity contribution in [3.63, 3.8) is 0 Å². The second-order valence-corrected chi connectivity index (χ2v) is 7.54. The molecule has 0 saturated carbocycles. The maximum absolute atomic E-state index is 12.4. The molecule has 1 aliphatic heterocycles. The van der Waals surface area contributed by atoms with Crippen LogP contribution < -0.4 is 27.4 Å². The summed E-state index contributed by atoms with van der Waals surface area (Å²) in [6, 6.07) is 5.41. The fourth-order valence-corrected chi connectivity index (χ4v) is 3.76. The standard InChI is InChI=1S/C20H25N7O5/c21-16-15(17(22)26-20(23)25-16)11-7-8-27(9-11)12-3-1-10(2-4-12)18(30)24-13(19(31)32)5-6-14(28)29/h1-4,11,13H,5-9H2,(H,24,30)(H,28,29)(H,31,32)(H6,21,22,23,25,26). The molecule has 2 aromatic rings. The zero-order valence-electron chi connectivity index (χ0n) is 17.2. The number of carbonyl (C=O) groups excluding carboxylic acids is 1. The van der Waals surface area contributed by atoms with Crippen LogP contribution in [0.2, 0.25) is 0 Å². The van der Waals surface area contributed by atoms with Crippen molar-refractivity contribution in [2.45, 2.75) is 31.2 Å². The summed E-state index contributed by atoms with van der Waals surface area (Å²) in [6.07, 6.45) is 0.221. The molecule has 2 heterocycles. The highest BCUT2D eigenvalue weighted by Crippen LogP contribution is 2.35. The number of benzene rings is 1. The van der Waals surface area contributed by atoms with Crippen molar-refractivity contribution in [1.29, 1.82) is 0 Å². The van der Waals surface area contributed by atoms with E-state index in [9.17, 15) is 19.5 Å². The summed E-state index contributed by atoms with van der Waals surface area (Å²) in [7, 11) is 0. The van der Waals surface area contributed by atoms with Crippen LogP contribution in [0.15, 0.2) is 24.3 Å². The Kier molecular flexibility index (Phi) is 6.61. The first kappa shape index (κ1) is 22.6. The smallest absolute Gasteiger partial charge is 0.326 e. The van der Waals surface area contributed by atoms with Gasteiger partial charge in [-0.3, -0.25) is 9.59 Å². The minimum Gasteiger partial charge on any atom is -0.481 e. The van der Waals surface area contributed by atoms with Gasteiger partial charge in [0.2, 0.25) is 5.95 Å². The van der Waals surface area contributed by atoms with Crippen LogP contribution in [0.5, 0.6) is 0 Å². The number of carbonyl (C=O) groups is 3. The number of anilines is 4. The third kappa shape index (κ3) is 5.14. The molecule has 0 aliphatic carbocycles. The second kappa shape index (κ2) is 9.37. The van der Waals surface area contributed by atoms with E-state index in [1.807, 2.05) is 0 Å². The molecule has 12 heteroatoms. The van der Waals surface area contributed by atoms with Crippen LogP contribution in [-0.4, -0.2) is 57.2 Å². The average Bonchev–Trinajstić information content (AvgIpc) is 3.19. The van der Waals surface area contributed by atoms with Gasteiger partial charge in [0, 0.05) is 42.2 Å². The number of hydrogen-bond donors (Lipinski definition) is 6. The molecule has 0 spiro atoms. The molecule has 1 amide bonds. The molecule has 0 bridgehead atoms. The lowest BCUT2D eigenvalue weighted by Crippen LogP contribution is -2.41. The molecule has 2 unspecified atom stereocenters. The number of hydrogen-bond acceptors (Lipinski definition) is 9. The monoisotopic (exact) mass is 443 g/mol. The number of nitrogens with two attached hydrogens (primary N) is 3. The first-order valence-corrected chi connectivity index (χ1v) is 9.94. The van der Waals surface area contributed by atoms with Gasteiger partial charge in [0.05, 0.1) is 0 Å². The van der Waals surface area contributed by atoms with Crippen LogP contribution in [-0.2, 0) is 9.59 Å². The van der Waals surface area contributed by atoms with E-state index in [4.69, 9.17) is 22.3 Å². The Morgan fingerprint density at radius 2 is 1.72 bits per heavy atom. The molecule has 1 aromatic carbocycles. The van der Waals surface area contributed by atoms with Gasteiger partial charge in [-0.1, -0.05) is 0 Å². The lowest BCUT2D eigenvalue weighted by molar-refractivity contribution is -0.140. The SMILES string of the molecule is Nc1nc(N)c(C2CCN(c3ccc(C(=O)NC(CCC(=O)O)C(=O)O)cc3)C2)c(N)n1. The topological polar surface area (TPSA) is 211 Å². The van der Waals surface area contributed by atoms with E-state index in [0.29, 0.717) is 12.1 Å². The molecule has 1 aliphatic rings. The zero-order valence-corrected chi connectivity index (χ0v) is 17.2. The average molecular weight is 443 g/mol. The molecule has 0 radical (unpaired) electrons. The highest BCUT2D eigenvalue weighted by molar-refractivity contribution is 5.97. The Labute approximate surface area is 183 Å². The van der Waals surface area contributed by atoms with Gasteiger partial charge < -0.3 is 37.6 Å². The summed E-state index contributed by atoms with van der Waals surface area (Å²) in [6.45, 7) is 1.36. The van der Waals surface area contributed by atoms with Gasteiger partial charge in [0.25, 0.3) is 5.91 Å². The largest absolute Gasteiger partial charge is 0.481 e. The number of rotatable bonds is 8. The molecule has 2 atom stereocenters. The van der Waals surface area contributed by atoms with Crippen molar-refractivity contribution in [3.8, 4) is 0 Å². The summed E-state index contributed by atoms with van der Waals surface area (Å²) < 4.78 is 0. The third-order valence-corrected chi connectivity index (χ3v) is 5.36. The predicted octanol–water partition coefficient (Wildman–Crippen LogP) is 0.265. The van der Waals surface area contributed by atoms with E-state index in [1.54, 1.807) is 24.3 Å². The fourth-order valence-electron chi connectivity index (χ4n) is 3.76. The summed E-state index contributed by atoms with van der Waals surface area (Å²) in [5, 5.41) is 20.3. The maximum atomic E-state index is 12.4. The van der Waals surface area contributed by atoms with Gasteiger partial charge in [-0.25, -0.2) is 4.79 Å². The van der Waals surface area contributed by atoms with Crippen LogP contribution in [0, 0.1) is 0 Å². The van der Waals surface area contributed by atoms with Crippen LogP contribution in [0.3, 0.4) is 0 Å². The van der Waals surface area contributed by atoms with E-state index in [-0.39, 0.29) is 41.9 Å². The van der Waals surface area contributed by atoms with Crippen LogP contribution in [0.1, 0.15) is 41.1 Å². The van der Waals surface area contributed by atoms with Gasteiger partial charge >= 0.3 is 11.9 Å². The Hall–Kier alpha value is -4.09. The van der Waals surface area contributed by atoms with E-state index in [1.165, 1.54) is 0 Å². The highest BCUT2D eigenvalue weighted by atomic mass is 16.4. The summed E-state index contributed by atoms with van der Waals surface area (Å²) >= 11 is 0. The molecule has 3 rings (SSSR count). The Morgan fingerprint density at radius 3 is 2.28 bits per heavy atom. The number of carboxylic acids is 2. The number of nitrogen functional groups attached to an aromatic ring is 3. The predicted molar refractivity (Wildman–Crippen MR) is 117 cm³/mol. The van der Waals surface area contributed by atoms with Gasteiger partial charge in [-0.05, 0) is 37.1 Å². The summed E-state index contributed by atoms with van der Waals surface area (Å²) in [5.41, 5.74) is 19.4. The Balaban J connectivity index is 1.65. The van der Waals surface area contributed by atoms with Gasteiger partial charge in [-0.2, -0.15) is 9.97 Å². The van der Waals surface area contributed by atoms with Crippen LogP contribution >= 0.6 is 0 Å². The van der Waals surface area contributed by atoms with E-state index in [2.05, 4.69) is 20.2 Å². The quantitative estimate of drug-likeness (QED) is 0.326. The maximum Gasteiger partial charge on any atom is 0.326 e. The molecule has 12 nitrogen and oxygen atoms in total. The van der Waals surface area contributed by atoms with E-state index < -0.39 is 23.9 Å². The molecule has 1 aromatic heterocycles. The molecule has 32 heavy (non-hydrogen) atoms. The van der Waals surface area contributed by atoms with Gasteiger partial charge in [-0.15, -0.1) is 0 Å². The molecule has 170 valence electrons. The number of aliphatic carboxylic acids is 2. The van der Waals surface area contributed by atoms with Crippen molar-refractivity contribution < 1.29 is 24.6 Å². The number of nitrogens with zero attached hydrogens (tertiary/aromatic N) is 3. The fraction of sp³-hybridized carbons (Fsp3) is 0.350. The Bertz CT molecular complexity index is 1000. The van der Waals surface area contributed by atoms with Crippen molar-refractivity contribution in [1.82, 2.24) is 15.3 Å². The molecular formula is C20H25N7O5. The van der Waals surface area contributed by atoms with E-state index in [0.717, 1.165) is 18.7 Å². The molecule has 1 fully saturated rings. The van der Waals surface area contributed by atoms with Crippen molar-refractivity contribution in [3.05, 3.63) is 35.4 Å².